The van der Waals surface area contributed by atoms with E-state index in [2.05, 4.69) is 4.98 Å². The molecular formula is C22H19F6NO3. The number of Topliss-reactive ketones (excluding diaryl/α,β-unsaturated/α-hetero) is 1. The first-order chi connectivity index (χ1) is 14.8. The van der Waals surface area contributed by atoms with Gasteiger partial charge < -0.3 is 0 Å². The van der Waals surface area contributed by atoms with Crippen molar-refractivity contribution in [3.8, 4) is 0 Å². The van der Waals surface area contributed by atoms with Crippen LogP contribution in [0, 0.1) is 11.8 Å². The molecule has 2 bridgehead atoms. The molecule has 1 aromatic heterocycles. The quantitative estimate of drug-likeness (QED) is 0.409. The van der Waals surface area contributed by atoms with E-state index in [0.717, 1.165) is 6.07 Å². The first-order valence-electron chi connectivity index (χ1n) is 9.94. The summed E-state index contributed by atoms with van der Waals surface area (Å²) in [4.78, 5) is 26.4. The van der Waals surface area contributed by atoms with Gasteiger partial charge in [0.1, 0.15) is 23.2 Å². The average Bonchev–Trinajstić information content (AvgIpc) is 2.70. The fourth-order valence-corrected chi connectivity index (χ4v) is 4.20. The van der Waals surface area contributed by atoms with Gasteiger partial charge in [0.25, 0.3) is 0 Å². The topological polar surface area (TPSA) is 48.4 Å². The summed E-state index contributed by atoms with van der Waals surface area (Å²) in [5, 5.41) is -0.0874. The standard InChI is InChI=1S/C22H19F6NO3/c1-11-16(30)9-13-10-17(11)31-32-20(13,2)7-6-12-8-18(22(26,27)28)29-19-14(12)4-3-5-15(19)21(23,24)25/h3-8,11,13,17H,9-10H2,1-2H3/t11-,13+,17+,20+/m1/s1. The lowest BCUT2D eigenvalue weighted by Crippen LogP contribution is -2.51. The van der Waals surface area contributed by atoms with Gasteiger partial charge in [-0.3, -0.25) is 4.79 Å². The third kappa shape index (κ3) is 4.01. The second-order valence-electron chi connectivity index (χ2n) is 8.42. The van der Waals surface area contributed by atoms with Crippen molar-refractivity contribution in [1.82, 2.24) is 4.98 Å². The van der Waals surface area contributed by atoms with Crippen LogP contribution in [0.1, 0.15) is 43.5 Å². The van der Waals surface area contributed by atoms with Crippen LogP contribution >= 0.6 is 0 Å². The Labute approximate surface area is 179 Å². The lowest BCUT2D eigenvalue weighted by atomic mass is 9.71. The molecule has 1 aromatic carbocycles. The van der Waals surface area contributed by atoms with Crippen LogP contribution in [0.4, 0.5) is 26.3 Å². The van der Waals surface area contributed by atoms with Crippen LogP contribution in [0.25, 0.3) is 17.0 Å². The monoisotopic (exact) mass is 459 g/mol. The molecule has 1 aliphatic heterocycles. The Kier molecular flexibility index (Phi) is 5.36. The van der Waals surface area contributed by atoms with Gasteiger partial charge in [0.15, 0.2) is 0 Å². The number of carbonyl (C=O) groups is 1. The predicted octanol–water partition coefficient (Wildman–Crippen LogP) is 5.99. The van der Waals surface area contributed by atoms with Crippen molar-refractivity contribution >= 4 is 22.8 Å². The van der Waals surface area contributed by atoms with Crippen LogP contribution in [-0.2, 0) is 26.9 Å². The normalized spacial score (nSPS) is 29.1. The molecule has 0 unspecified atom stereocenters. The molecule has 2 fully saturated rings. The summed E-state index contributed by atoms with van der Waals surface area (Å²) < 4.78 is 80.4. The van der Waals surface area contributed by atoms with Crippen molar-refractivity contribution in [2.45, 2.75) is 50.7 Å². The van der Waals surface area contributed by atoms with Crippen LogP contribution in [0.15, 0.2) is 30.3 Å². The summed E-state index contributed by atoms with van der Waals surface area (Å²) in [7, 11) is 0. The van der Waals surface area contributed by atoms with Crippen LogP contribution < -0.4 is 0 Å². The predicted molar refractivity (Wildman–Crippen MR) is 102 cm³/mol. The number of ketones is 1. The minimum Gasteiger partial charge on any atom is -0.299 e. The highest BCUT2D eigenvalue weighted by Gasteiger charge is 2.48. The first-order valence-corrected chi connectivity index (χ1v) is 9.94. The number of carbonyl (C=O) groups excluding carboxylic acids is 1. The largest absolute Gasteiger partial charge is 0.433 e. The molecule has 0 N–H and O–H groups in total. The molecule has 2 aliphatic rings. The second kappa shape index (κ2) is 7.55. The van der Waals surface area contributed by atoms with Crippen molar-refractivity contribution in [2.24, 2.45) is 11.8 Å². The van der Waals surface area contributed by atoms with E-state index in [1.54, 1.807) is 13.8 Å². The molecule has 4 rings (SSSR count). The molecular weight excluding hydrogens is 440 g/mol. The number of hydrogen-bond acceptors (Lipinski definition) is 4. The summed E-state index contributed by atoms with van der Waals surface area (Å²) in [5.41, 5.74) is -4.72. The number of nitrogens with zero attached hydrogens (tertiary/aromatic N) is 1. The van der Waals surface area contributed by atoms with E-state index in [0.29, 0.717) is 18.6 Å². The maximum absolute atomic E-state index is 13.4. The van der Waals surface area contributed by atoms with Crippen LogP contribution in [-0.4, -0.2) is 22.5 Å². The zero-order chi connectivity index (χ0) is 23.5. The molecule has 4 nitrogen and oxygen atoms in total. The van der Waals surface area contributed by atoms with Gasteiger partial charge in [0.05, 0.1) is 11.1 Å². The smallest absolute Gasteiger partial charge is 0.299 e. The van der Waals surface area contributed by atoms with Gasteiger partial charge in [-0.1, -0.05) is 25.1 Å². The number of pyridine rings is 1. The third-order valence-corrected chi connectivity index (χ3v) is 6.25. The Hall–Kier alpha value is -2.46. The fourth-order valence-electron chi connectivity index (χ4n) is 4.20. The maximum Gasteiger partial charge on any atom is 0.433 e. The fraction of sp³-hybridized carbons (Fsp3) is 0.455. The Bertz CT molecular complexity index is 1090. The minimum absolute atomic E-state index is 0.00212. The highest BCUT2D eigenvalue weighted by molar-refractivity contribution is 5.91. The van der Waals surface area contributed by atoms with E-state index in [-0.39, 0.29) is 35.0 Å². The van der Waals surface area contributed by atoms with Crippen molar-refractivity contribution in [1.29, 1.82) is 0 Å². The van der Waals surface area contributed by atoms with Gasteiger partial charge in [-0.2, -0.15) is 26.3 Å². The van der Waals surface area contributed by atoms with E-state index >= 15 is 0 Å². The number of halogens is 6. The molecule has 172 valence electrons. The van der Waals surface area contributed by atoms with E-state index in [9.17, 15) is 31.1 Å². The van der Waals surface area contributed by atoms with E-state index in [1.807, 2.05) is 0 Å². The third-order valence-electron chi connectivity index (χ3n) is 6.25. The number of benzene rings is 1. The summed E-state index contributed by atoms with van der Waals surface area (Å²) in [6.07, 6.45) is -6.78. The Morgan fingerprint density at radius 2 is 1.88 bits per heavy atom. The first kappa shape index (κ1) is 22.7. The zero-order valence-electron chi connectivity index (χ0n) is 17.1. The number of alkyl halides is 6. The van der Waals surface area contributed by atoms with Gasteiger partial charge in [0.2, 0.25) is 0 Å². The summed E-state index contributed by atoms with van der Waals surface area (Å²) in [6, 6.07) is 3.78. The highest BCUT2D eigenvalue weighted by Crippen LogP contribution is 2.44. The molecule has 0 amide bonds. The molecule has 32 heavy (non-hydrogen) atoms. The molecule has 0 spiro atoms. The number of para-hydroxylation sites is 1. The Balaban J connectivity index is 1.80. The SMILES string of the molecule is C[C@@H]1C(=O)C[C@H]2C[C@@H]1OO[C@@]2(C)C=Cc1cc(C(F)(F)F)nc2c(C(F)(F)F)cccc12. The minimum atomic E-state index is -4.94. The zero-order valence-corrected chi connectivity index (χ0v) is 17.1. The molecule has 4 atom stereocenters. The summed E-state index contributed by atoms with van der Waals surface area (Å²) in [5.74, 6) is -0.598. The van der Waals surface area contributed by atoms with Crippen LogP contribution in [0.3, 0.4) is 0 Å². The van der Waals surface area contributed by atoms with Gasteiger partial charge >= 0.3 is 12.4 Å². The molecule has 0 radical (unpaired) electrons. The highest BCUT2D eigenvalue weighted by atomic mass is 19.4. The number of rotatable bonds is 2. The van der Waals surface area contributed by atoms with E-state index in [4.69, 9.17) is 9.78 Å². The number of aromatic nitrogens is 1. The summed E-state index contributed by atoms with van der Waals surface area (Å²) >= 11 is 0. The molecule has 10 heteroatoms. The van der Waals surface area contributed by atoms with E-state index in [1.165, 1.54) is 18.2 Å². The van der Waals surface area contributed by atoms with Crippen molar-refractivity contribution in [3.63, 3.8) is 0 Å². The van der Waals surface area contributed by atoms with Gasteiger partial charge in [0, 0.05) is 23.6 Å². The van der Waals surface area contributed by atoms with Gasteiger partial charge in [-0.25, -0.2) is 14.8 Å². The Morgan fingerprint density at radius 1 is 1.16 bits per heavy atom. The van der Waals surface area contributed by atoms with Gasteiger partial charge in [-0.15, -0.1) is 0 Å². The van der Waals surface area contributed by atoms with Crippen LogP contribution in [0.2, 0.25) is 0 Å². The van der Waals surface area contributed by atoms with Crippen molar-refractivity contribution in [3.05, 3.63) is 47.2 Å². The molecule has 1 saturated heterocycles. The second-order valence-corrected chi connectivity index (χ2v) is 8.42. The molecule has 1 saturated carbocycles. The lowest BCUT2D eigenvalue weighted by molar-refractivity contribution is -0.415. The van der Waals surface area contributed by atoms with Crippen LogP contribution in [0.5, 0.6) is 0 Å². The van der Waals surface area contributed by atoms with E-state index < -0.39 is 40.8 Å². The summed E-state index contributed by atoms with van der Waals surface area (Å²) in [6.45, 7) is 3.37. The van der Waals surface area contributed by atoms with Crippen molar-refractivity contribution < 1.29 is 40.9 Å². The maximum atomic E-state index is 13.4. The molecule has 2 heterocycles. The molecule has 2 aromatic rings. The Morgan fingerprint density at radius 3 is 2.53 bits per heavy atom. The average molecular weight is 459 g/mol. The number of hydrogen-bond donors (Lipinski definition) is 0. The molecule has 1 aliphatic carbocycles. The van der Waals surface area contributed by atoms with Gasteiger partial charge in [-0.05, 0) is 37.1 Å². The van der Waals surface area contributed by atoms with Crippen molar-refractivity contribution in [2.75, 3.05) is 0 Å². The lowest BCUT2D eigenvalue weighted by Gasteiger charge is -2.45. The number of fused-ring (bicyclic) bond motifs is 3.